The van der Waals surface area contributed by atoms with Crippen molar-refractivity contribution in [2.75, 3.05) is 56.7 Å². The number of halogens is 3. The predicted molar refractivity (Wildman–Crippen MR) is 108 cm³/mol. The predicted octanol–water partition coefficient (Wildman–Crippen LogP) is 3.42. The molecule has 1 aromatic carbocycles. The summed E-state index contributed by atoms with van der Waals surface area (Å²) >= 11 is 0. The minimum Gasteiger partial charge on any atom is -0.491 e. The zero-order valence-electron chi connectivity index (χ0n) is 17.2. The number of pyridine rings is 1. The number of anilines is 3. The van der Waals surface area contributed by atoms with E-state index in [9.17, 15) is 18.0 Å². The van der Waals surface area contributed by atoms with Crippen molar-refractivity contribution in [1.29, 1.82) is 0 Å². The number of hydrogen-bond donors (Lipinski definition) is 2. The molecule has 3 rings (SSSR count). The number of hydroxylamine groups is 1. The zero-order chi connectivity index (χ0) is 22.6. The second-order valence-electron chi connectivity index (χ2n) is 6.87. The molecule has 1 amide bonds. The Balaban J connectivity index is 1.92. The summed E-state index contributed by atoms with van der Waals surface area (Å²) in [6, 6.07) is 6.43. The summed E-state index contributed by atoms with van der Waals surface area (Å²) in [4.78, 5) is 21.3. The lowest BCUT2D eigenvalue weighted by molar-refractivity contribution is -0.141. The second kappa shape index (κ2) is 9.40. The molecule has 1 aliphatic rings. The molecular formula is C20H23F3N4O4. The van der Waals surface area contributed by atoms with Crippen molar-refractivity contribution < 1.29 is 32.3 Å². The number of nitrogens with zero attached hydrogens (tertiary/aromatic N) is 2. The van der Waals surface area contributed by atoms with Crippen molar-refractivity contribution in [1.82, 2.24) is 4.98 Å². The SMILES string of the molecule is CNc1cc(OCC2COC2)c(NC(=O)c2cccc(C(F)(F)F)n2)cc1N(C)OC. The first-order valence-electron chi connectivity index (χ1n) is 9.42. The molecule has 0 unspecified atom stereocenters. The van der Waals surface area contributed by atoms with E-state index in [0.717, 1.165) is 12.1 Å². The third kappa shape index (κ3) is 5.36. The van der Waals surface area contributed by atoms with Crippen LogP contribution in [0.3, 0.4) is 0 Å². The Bertz CT molecular complexity index is 935. The number of hydrogen-bond acceptors (Lipinski definition) is 7. The van der Waals surface area contributed by atoms with Gasteiger partial charge in [-0.3, -0.25) is 14.7 Å². The van der Waals surface area contributed by atoms with Crippen LogP contribution in [-0.2, 0) is 15.8 Å². The molecule has 1 aromatic heterocycles. The topological polar surface area (TPSA) is 84.9 Å². The van der Waals surface area contributed by atoms with Crippen LogP contribution in [0.1, 0.15) is 16.2 Å². The smallest absolute Gasteiger partial charge is 0.433 e. The number of carbonyl (C=O) groups is 1. The summed E-state index contributed by atoms with van der Waals surface area (Å²) in [5, 5.41) is 7.09. The minimum absolute atomic E-state index is 0.230. The third-order valence-corrected chi connectivity index (χ3v) is 4.68. The molecule has 2 heterocycles. The van der Waals surface area contributed by atoms with Crippen molar-refractivity contribution in [3.8, 4) is 5.75 Å². The molecular weight excluding hydrogens is 417 g/mol. The molecule has 31 heavy (non-hydrogen) atoms. The van der Waals surface area contributed by atoms with Crippen LogP contribution < -0.4 is 20.4 Å². The molecule has 2 N–H and O–H groups in total. The van der Waals surface area contributed by atoms with E-state index < -0.39 is 17.8 Å². The first-order valence-corrected chi connectivity index (χ1v) is 9.42. The van der Waals surface area contributed by atoms with E-state index in [2.05, 4.69) is 15.6 Å². The van der Waals surface area contributed by atoms with Gasteiger partial charge in [0.25, 0.3) is 5.91 Å². The van der Waals surface area contributed by atoms with Crippen LogP contribution in [0.2, 0.25) is 0 Å². The van der Waals surface area contributed by atoms with Gasteiger partial charge in [0.15, 0.2) is 0 Å². The summed E-state index contributed by atoms with van der Waals surface area (Å²) in [7, 11) is 4.87. The van der Waals surface area contributed by atoms with Gasteiger partial charge in [0, 0.05) is 26.1 Å². The maximum absolute atomic E-state index is 13.0. The number of amides is 1. The molecule has 1 saturated heterocycles. The number of carbonyl (C=O) groups excluding carboxylic acids is 1. The molecule has 0 aliphatic carbocycles. The van der Waals surface area contributed by atoms with Gasteiger partial charge in [-0.2, -0.15) is 13.2 Å². The first-order chi connectivity index (χ1) is 14.7. The summed E-state index contributed by atoms with van der Waals surface area (Å²) in [6.07, 6.45) is -4.65. The number of aromatic nitrogens is 1. The molecule has 0 spiro atoms. The second-order valence-corrected chi connectivity index (χ2v) is 6.87. The summed E-state index contributed by atoms with van der Waals surface area (Å²) in [6.45, 7) is 1.53. The van der Waals surface area contributed by atoms with Gasteiger partial charge >= 0.3 is 6.18 Å². The highest BCUT2D eigenvalue weighted by Crippen LogP contribution is 2.37. The maximum Gasteiger partial charge on any atom is 0.433 e. The van der Waals surface area contributed by atoms with Gasteiger partial charge in [-0.25, -0.2) is 4.98 Å². The third-order valence-electron chi connectivity index (χ3n) is 4.68. The lowest BCUT2D eigenvalue weighted by Gasteiger charge is -2.27. The molecule has 0 atom stereocenters. The summed E-state index contributed by atoms with van der Waals surface area (Å²) in [5.74, 6) is -0.218. The fourth-order valence-electron chi connectivity index (χ4n) is 2.84. The minimum atomic E-state index is -4.65. The van der Waals surface area contributed by atoms with Crippen molar-refractivity contribution in [2.45, 2.75) is 6.18 Å². The van der Waals surface area contributed by atoms with E-state index in [-0.39, 0.29) is 17.3 Å². The fourth-order valence-corrected chi connectivity index (χ4v) is 2.84. The number of rotatable bonds is 8. The molecule has 11 heteroatoms. The highest BCUT2D eigenvalue weighted by molar-refractivity contribution is 6.04. The van der Waals surface area contributed by atoms with Crippen molar-refractivity contribution in [3.63, 3.8) is 0 Å². The van der Waals surface area contributed by atoms with Crippen LogP contribution in [0.5, 0.6) is 5.75 Å². The average Bonchev–Trinajstić information content (AvgIpc) is 2.72. The molecule has 0 radical (unpaired) electrons. The van der Waals surface area contributed by atoms with Crippen LogP contribution in [-0.4, -0.2) is 51.9 Å². The van der Waals surface area contributed by atoms with Crippen molar-refractivity contribution >= 4 is 23.0 Å². The van der Waals surface area contributed by atoms with Crippen LogP contribution in [0, 0.1) is 5.92 Å². The fraction of sp³-hybridized carbons (Fsp3) is 0.400. The molecule has 168 valence electrons. The largest absolute Gasteiger partial charge is 0.491 e. The Morgan fingerprint density at radius 2 is 2.03 bits per heavy atom. The van der Waals surface area contributed by atoms with Gasteiger partial charge in [-0.05, 0) is 18.2 Å². The van der Waals surface area contributed by atoms with Gasteiger partial charge in [0.05, 0.1) is 44.0 Å². The Hall–Kier alpha value is -3.05. The van der Waals surface area contributed by atoms with E-state index in [0.29, 0.717) is 36.9 Å². The van der Waals surface area contributed by atoms with E-state index in [1.165, 1.54) is 18.2 Å². The van der Waals surface area contributed by atoms with E-state index in [1.54, 1.807) is 26.2 Å². The molecule has 8 nitrogen and oxygen atoms in total. The zero-order valence-corrected chi connectivity index (χ0v) is 17.2. The van der Waals surface area contributed by atoms with Crippen molar-refractivity contribution in [2.24, 2.45) is 5.92 Å². The number of ether oxygens (including phenoxy) is 2. The average molecular weight is 440 g/mol. The highest BCUT2D eigenvalue weighted by atomic mass is 19.4. The summed E-state index contributed by atoms with van der Waals surface area (Å²) in [5.41, 5.74) is -0.00200. The summed E-state index contributed by atoms with van der Waals surface area (Å²) < 4.78 is 49.9. The van der Waals surface area contributed by atoms with Crippen LogP contribution in [0.15, 0.2) is 30.3 Å². The van der Waals surface area contributed by atoms with Crippen LogP contribution >= 0.6 is 0 Å². The lowest BCUT2D eigenvalue weighted by atomic mass is 10.1. The monoisotopic (exact) mass is 440 g/mol. The lowest BCUT2D eigenvalue weighted by Crippen LogP contribution is -2.32. The van der Waals surface area contributed by atoms with Crippen LogP contribution in [0.4, 0.5) is 30.2 Å². The normalized spacial score (nSPS) is 14.0. The van der Waals surface area contributed by atoms with Gasteiger partial charge in [0.1, 0.15) is 17.1 Å². The van der Waals surface area contributed by atoms with Crippen LogP contribution in [0.25, 0.3) is 0 Å². The molecule has 1 fully saturated rings. The molecule has 0 bridgehead atoms. The van der Waals surface area contributed by atoms with E-state index in [4.69, 9.17) is 14.3 Å². The Labute approximate surface area is 177 Å². The van der Waals surface area contributed by atoms with Gasteiger partial charge in [-0.1, -0.05) is 6.07 Å². The van der Waals surface area contributed by atoms with Gasteiger partial charge in [-0.15, -0.1) is 0 Å². The Morgan fingerprint density at radius 3 is 2.61 bits per heavy atom. The highest BCUT2D eigenvalue weighted by Gasteiger charge is 2.33. The van der Waals surface area contributed by atoms with Crippen molar-refractivity contribution in [3.05, 3.63) is 41.7 Å². The Morgan fingerprint density at radius 1 is 1.29 bits per heavy atom. The number of alkyl halides is 3. The number of benzene rings is 1. The molecule has 2 aromatic rings. The van der Waals surface area contributed by atoms with Gasteiger partial charge in [0.2, 0.25) is 0 Å². The van der Waals surface area contributed by atoms with E-state index in [1.807, 2.05) is 0 Å². The maximum atomic E-state index is 13.0. The molecule has 1 aliphatic heterocycles. The molecule has 0 saturated carbocycles. The first kappa shape index (κ1) is 22.6. The number of nitrogens with one attached hydrogen (secondary N) is 2. The quantitative estimate of drug-likeness (QED) is 0.609. The standard InChI is InChI=1S/C20H23F3N4O4/c1-24-14-8-17(31-11-12-9-30-10-12)15(7-16(14)27(2)29-3)26-19(28)13-5-4-6-18(25-13)20(21,22)23/h4-8,12,24H,9-11H2,1-3H3,(H,26,28). The van der Waals surface area contributed by atoms with Gasteiger partial charge < -0.3 is 20.1 Å². The Kier molecular flexibility index (Phi) is 6.86. The van der Waals surface area contributed by atoms with E-state index >= 15 is 0 Å².